The second-order valence-electron chi connectivity index (χ2n) is 7.68. The van der Waals surface area contributed by atoms with Gasteiger partial charge in [0.05, 0.1) is 18.8 Å². The summed E-state index contributed by atoms with van der Waals surface area (Å²) in [4.78, 5) is 27.0. The Kier molecular flexibility index (Phi) is 8.59. The van der Waals surface area contributed by atoms with E-state index in [1.807, 2.05) is 24.1 Å². The number of nitrogens with zero attached hydrogens (tertiary/aromatic N) is 1. The van der Waals surface area contributed by atoms with Crippen LogP contribution in [0.2, 0.25) is 0 Å². The number of hydrogen-bond acceptors (Lipinski definition) is 5. The summed E-state index contributed by atoms with van der Waals surface area (Å²) in [6.07, 6.45) is 0. The molecule has 0 aliphatic rings. The summed E-state index contributed by atoms with van der Waals surface area (Å²) in [5.74, 6) is 0.356. The van der Waals surface area contributed by atoms with Crippen LogP contribution < -0.4 is 20.1 Å². The van der Waals surface area contributed by atoms with Crippen LogP contribution in [0.3, 0.4) is 0 Å². The van der Waals surface area contributed by atoms with E-state index in [0.717, 1.165) is 0 Å². The number of rotatable bonds is 10. The smallest absolute Gasteiger partial charge is 0.255 e. The number of methoxy groups -OCH3 is 1. The highest BCUT2D eigenvalue weighted by Crippen LogP contribution is 2.24. The fourth-order valence-corrected chi connectivity index (χ4v) is 3.13. The molecule has 178 valence electrons. The van der Waals surface area contributed by atoms with Crippen molar-refractivity contribution in [2.45, 2.75) is 13.0 Å². The van der Waals surface area contributed by atoms with Crippen molar-refractivity contribution in [2.75, 3.05) is 37.9 Å². The Morgan fingerprint density at radius 2 is 1.65 bits per heavy atom. The standard InChI is InChI=1S/C26H28FN3O4/c1-18(30(2)16-17-34-22-14-10-20(27)11-15-22)25(31)28-21-12-8-19(9-13-21)26(32)29-23-6-4-5-7-24(23)33-3/h4-15,18H,16-17H2,1-3H3,(H,28,31)(H,29,32)/t18-/m1/s1. The number of nitrogens with one attached hydrogen (secondary N) is 2. The lowest BCUT2D eigenvalue weighted by molar-refractivity contribution is -0.120. The summed E-state index contributed by atoms with van der Waals surface area (Å²) < 4.78 is 23.8. The van der Waals surface area contributed by atoms with E-state index < -0.39 is 6.04 Å². The number of benzene rings is 3. The van der Waals surface area contributed by atoms with Crippen molar-refractivity contribution in [3.63, 3.8) is 0 Å². The van der Waals surface area contributed by atoms with Gasteiger partial charge in [-0.15, -0.1) is 0 Å². The van der Waals surface area contributed by atoms with Gasteiger partial charge in [-0.3, -0.25) is 14.5 Å². The van der Waals surface area contributed by atoms with Crippen LogP contribution in [0.4, 0.5) is 15.8 Å². The highest BCUT2D eigenvalue weighted by molar-refractivity contribution is 6.05. The Morgan fingerprint density at radius 3 is 2.32 bits per heavy atom. The second kappa shape index (κ2) is 11.8. The molecule has 2 N–H and O–H groups in total. The van der Waals surface area contributed by atoms with Crippen molar-refractivity contribution in [3.8, 4) is 11.5 Å². The monoisotopic (exact) mass is 465 g/mol. The van der Waals surface area contributed by atoms with Crippen LogP contribution in [0.5, 0.6) is 11.5 Å². The zero-order chi connectivity index (χ0) is 24.5. The van der Waals surface area contributed by atoms with E-state index in [0.29, 0.717) is 41.6 Å². The number of halogens is 1. The molecule has 2 amide bonds. The number of ether oxygens (including phenoxy) is 2. The highest BCUT2D eigenvalue weighted by Gasteiger charge is 2.18. The molecule has 0 aliphatic carbocycles. The second-order valence-corrected chi connectivity index (χ2v) is 7.68. The van der Waals surface area contributed by atoms with Gasteiger partial charge in [-0.05, 0) is 74.6 Å². The number of anilines is 2. The molecule has 0 aliphatic heterocycles. The molecule has 0 heterocycles. The van der Waals surface area contributed by atoms with E-state index in [2.05, 4.69) is 10.6 Å². The molecule has 0 saturated carbocycles. The Labute approximate surface area is 198 Å². The van der Waals surface area contributed by atoms with E-state index in [1.165, 1.54) is 12.1 Å². The Hall–Kier alpha value is -3.91. The molecule has 1 atom stereocenters. The normalized spacial score (nSPS) is 11.6. The van der Waals surface area contributed by atoms with Crippen LogP contribution in [-0.2, 0) is 4.79 Å². The van der Waals surface area contributed by atoms with Crippen LogP contribution in [0.1, 0.15) is 17.3 Å². The topological polar surface area (TPSA) is 79.9 Å². The molecular weight excluding hydrogens is 437 g/mol. The predicted molar refractivity (Wildman–Crippen MR) is 130 cm³/mol. The summed E-state index contributed by atoms with van der Waals surface area (Å²) in [5.41, 5.74) is 1.61. The molecule has 3 aromatic rings. The average Bonchev–Trinajstić information content (AvgIpc) is 2.85. The third-order valence-corrected chi connectivity index (χ3v) is 5.34. The van der Waals surface area contributed by atoms with Crippen LogP contribution in [0.15, 0.2) is 72.8 Å². The zero-order valence-electron chi connectivity index (χ0n) is 19.4. The summed E-state index contributed by atoms with van der Waals surface area (Å²) in [6, 6.07) is 19.2. The molecule has 0 fully saturated rings. The lowest BCUT2D eigenvalue weighted by Gasteiger charge is -2.24. The molecule has 7 nitrogen and oxygen atoms in total. The maximum atomic E-state index is 13.0. The third kappa shape index (κ3) is 6.79. The van der Waals surface area contributed by atoms with Crippen LogP contribution >= 0.6 is 0 Å². The van der Waals surface area contributed by atoms with Crippen molar-refractivity contribution in [1.82, 2.24) is 4.90 Å². The van der Waals surface area contributed by atoms with Crippen LogP contribution in [-0.4, -0.2) is 50.1 Å². The Morgan fingerprint density at radius 1 is 0.971 bits per heavy atom. The van der Waals surface area contributed by atoms with Gasteiger partial charge >= 0.3 is 0 Å². The lowest BCUT2D eigenvalue weighted by Crippen LogP contribution is -2.41. The number of para-hydroxylation sites is 2. The number of likely N-dealkylation sites (N-methyl/N-ethyl adjacent to an activating group) is 1. The first-order valence-corrected chi connectivity index (χ1v) is 10.8. The molecule has 3 rings (SSSR count). The van der Waals surface area contributed by atoms with Crippen molar-refractivity contribution in [1.29, 1.82) is 0 Å². The van der Waals surface area contributed by atoms with Gasteiger partial charge < -0.3 is 20.1 Å². The van der Waals surface area contributed by atoms with Gasteiger partial charge in [-0.25, -0.2) is 4.39 Å². The molecule has 0 bridgehead atoms. The molecule has 34 heavy (non-hydrogen) atoms. The molecule has 0 radical (unpaired) electrons. The van der Waals surface area contributed by atoms with E-state index in [9.17, 15) is 14.0 Å². The summed E-state index contributed by atoms with van der Waals surface area (Å²) in [7, 11) is 3.36. The highest BCUT2D eigenvalue weighted by atomic mass is 19.1. The van der Waals surface area contributed by atoms with E-state index in [1.54, 1.807) is 62.6 Å². The number of amides is 2. The van der Waals surface area contributed by atoms with Crippen molar-refractivity contribution in [3.05, 3.63) is 84.2 Å². The number of hydrogen-bond donors (Lipinski definition) is 2. The zero-order valence-corrected chi connectivity index (χ0v) is 19.4. The van der Waals surface area contributed by atoms with Gasteiger partial charge in [0.1, 0.15) is 23.9 Å². The average molecular weight is 466 g/mol. The van der Waals surface area contributed by atoms with E-state index in [-0.39, 0.29) is 17.6 Å². The lowest BCUT2D eigenvalue weighted by atomic mass is 10.1. The maximum absolute atomic E-state index is 13.0. The number of carbonyl (C=O) groups excluding carboxylic acids is 2. The minimum atomic E-state index is -0.412. The van der Waals surface area contributed by atoms with Crippen LogP contribution in [0, 0.1) is 5.82 Å². The van der Waals surface area contributed by atoms with E-state index in [4.69, 9.17) is 9.47 Å². The minimum Gasteiger partial charge on any atom is -0.495 e. The molecular formula is C26H28FN3O4. The Bertz CT molecular complexity index is 1100. The fraction of sp³-hybridized carbons (Fsp3) is 0.231. The quantitative estimate of drug-likeness (QED) is 0.463. The molecule has 3 aromatic carbocycles. The fourth-order valence-electron chi connectivity index (χ4n) is 3.13. The SMILES string of the molecule is COc1ccccc1NC(=O)c1ccc(NC(=O)[C@@H](C)N(C)CCOc2ccc(F)cc2)cc1. The molecule has 0 aromatic heterocycles. The third-order valence-electron chi connectivity index (χ3n) is 5.34. The summed E-state index contributed by atoms with van der Waals surface area (Å²) >= 11 is 0. The Balaban J connectivity index is 1.49. The van der Waals surface area contributed by atoms with Gasteiger partial charge in [0.15, 0.2) is 0 Å². The van der Waals surface area contributed by atoms with E-state index >= 15 is 0 Å². The summed E-state index contributed by atoms with van der Waals surface area (Å²) in [5, 5.41) is 5.67. The first-order chi connectivity index (χ1) is 16.4. The molecule has 8 heteroatoms. The maximum Gasteiger partial charge on any atom is 0.255 e. The van der Waals surface area contributed by atoms with Gasteiger partial charge in [-0.2, -0.15) is 0 Å². The molecule has 0 spiro atoms. The first-order valence-electron chi connectivity index (χ1n) is 10.8. The van der Waals surface area contributed by atoms with Gasteiger partial charge in [0.25, 0.3) is 5.91 Å². The molecule has 0 unspecified atom stereocenters. The first kappa shape index (κ1) is 24.7. The van der Waals surface area contributed by atoms with Crippen molar-refractivity contribution in [2.24, 2.45) is 0 Å². The van der Waals surface area contributed by atoms with Gasteiger partial charge in [0, 0.05) is 17.8 Å². The van der Waals surface area contributed by atoms with Crippen LogP contribution in [0.25, 0.3) is 0 Å². The van der Waals surface area contributed by atoms with Gasteiger partial charge in [-0.1, -0.05) is 12.1 Å². The van der Waals surface area contributed by atoms with Gasteiger partial charge in [0.2, 0.25) is 5.91 Å². The predicted octanol–water partition coefficient (Wildman–Crippen LogP) is 4.42. The van der Waals surface area contributed by atoms with Crippen molar-refractivity contribution < 1.29 is 23.5 Å². The number of carbonyl (C=O) groups is 2. The largest absolute Gasteiger partial charge is 0.495 e. The summed E-state index contributed by atoms with van der Waals surface area (Å²) in [6.45, 7) is 2.66. The molecule has 0 saturated heterocycles. The minimum absolute atomic E-state index is 0.185. The van der Waals surface area contributed by atoms with Crippen molar-refractivity contribution >= 4 is 23.2 Å².